The molecule has 4 rings (SSSR count). The summed E-state index contributed by atoms with van der Waals surface area (Å²) in [6, 6.07) is 10.2. The molecule has 1 aliphatic carbocycles. The molecule has 2 aliphatic rings. The van der Waals surface area contributed by atoms with Gasteiger partial charge in [0.05, 0.1) is 18.8 Å². The zero-order chi connectivity index (χ0) is 18.0. The Morgan fingerprint density at radius 2 is 2.15 bits per heavy atom. The Morgan fingerprint density at radius 3 is 2.85 bits per heavy atom. The molecule has 1 N–H and O–H groups in total. The lowest BCUT2D eigenvalue weighted by atomic mass is 9.79. The second-order valence-electron chi connectivity index (χ2n) is 7.05. The maximum atomic E-state index is 12.6. The van der Waals surface area contributed by atoms with Gasteiger partial charge in [0.1, 0.15) is 5.01 Å². The summed E-state index contributed by atoms with van der Waals surface area (Å²) in [4.78, 5) is 14.5. The van der Waals surface area contributed by atoms with E-state index in [2.05, 4.69) is 34.6 Å². The molecule has 7 heteroatoms. The molecular weight excluding hydrogens is 348 g/mol. The minimum Gasteiger partial charge on any atom is -0.371 e. The molecule has 6 nitrogen and oxygen atoms in total. The number of rotatable bonds is 4. The lowest BCUT2D eigenvalue weighted by Crippen LogP contribution is -2.57. The topological polar surface area (TPSA) is 67.4 Å². The van der Waals surface area contributed by atoms with E-state index in [9.17, 15) is 4.79 Å². The summed E-state index contributed by atoms with van der Waals surface area (Å²) in [5.41, 5.74) is 1.13. The number of morpholine rings is 1. The number of nitrogens with one attached hydrogen (secondary N) is 1. The molecule has 1 saturated carbocycles. The smallest absolute Gasteiger partial charge is 0.323 e. The average Bonchev–Trinajstić information content (AvgIpc) is 3.10. The van der Waals surface area contributed by atoms with E-state index >= 15 is 0 Å². The third kappa shape index (κ3) is 3.46. The lowest BCUT2D eigenvalue weighted by molar-refractivity contribution is -0.140. The SMILES string of the molecule is CCC(c1ccccc1)c1nnc(NC(=O)N2CCOC3(CCC3)C2)s1. The zero-order valence-electron chi connectivity index (χ0n) is 15.0. The number of aromatic nitrogens is 2. The minimum atomic E-state index is -0.102. The van der Waals surface area contributed by atoms with Gasteiger partial charge in [-0.25, -0.2) is 4.79 Å². The van der Waals surface area contributed by atoms with Crippen LogP contribution in [0.4, 0.5) is 9.93 Å². The van der Waals surface area contributed by atoms with E-state index in [0.717, 1.165) is 24.3 Å². The molecule has 2 heterocycles. The standard InChI is InChI=1S/C19H24N4O2S/c1-2-15(14-7-4-3-5-8-14)16-21-22-17(26-16)20-18(24)23-11-12-25-19(13-23)9-6-10-19/h3-5,7-8,15H,2,6,9-13H2,1H3,(H,20,22,24). The van der Waals surface area contributed by atoms with Crippen molar-refractivity contribution in [2.45, 2.75) is 44.1 Å². The van der Waals surface area contributed by atoms with Crippen LogP contribution in [0.3, 0.4) is 0 Å². The number of nitrogens with zero attached hydrogens (tertiary/aromatic N) is 3. The Kier molecular flexibility index (Phi) is 4.91. The highest BCUT2D eigenvalue weighted by Gasteiger charge is 2.43. The van der Waals surface area contributed by atoms with Crippen molar-refractivity contribution >= 4 is 22.5 Å². The van der Waals surface area contributed by atoms with Crippen LogP contribution < -0.4 is 5.32 Å². The van der Waals surface area contributed by atoms with E-state index < -0.39 is 0 Å². The molecule has 1 atom stereocenters. The highest BCUT2D eigenvalue weighted by molar-refractivity contribution is 7.15. The van der Waals surface area contributed by atoms with Crippen LogP contribution in [0, 0.1) is 0 Å². The van der Waals surface area contributed by atoms with Crippen molar-refractivity contribution in [2.24, 2.45) is 0 Å². The van der Waals surface area contributed by atoms with E-state index in [0.29, 0.717) is 24.8 Å². The highest BCUT2D eigenvalue weighted by Crippen LogP contribution is 2.38. The van der Waals surface area contributed by atoms with Crippen molar-refractivity contribution in [3.05, 3.63) is 40.9 Å². The maximum absolute atomic E-state index is 12.6. The molecule has 0 radical (unpaired) electrons. The van der Waals surface area contributed by atoms with E-state index in [1.807, 2.05) is 23.1 Å². The molecule has 2 amide bonds. The van der Waals surface area contributed by atoms with E-state index in [1.165, 1.54) is 23.3 Å². The summed E-state index contributed by atoms with van der Waals surface area (Å²) in [5, 5.41) is 12.9. The third-order valence-electron chi connectivity index (χ3n) is 5.36. The van der Waals surface area contributed by atoms with Gasteiger partial charge in [0.15, 0.2) is 0 Å². The van der Waals surface area contributed by atoms with Crippen LogP contribution in [0.5, 0.6) is 0 Å². The first-order chi connectivity index (χ1) is 12.7. The molecule has 1 aliphatic heterocycles. The highest BCUT2D eigenvalue weighted by atomic mass is 32.1. The van der Waals surface area contributed by atoms with Crippen molar-refractivity contribution in [3.8, 4) is 0 Å². The first kappa shape index (κ1) is 17.4. The van der Waals surface area contributed by atoms with Crippen LogP contribution in [0.2, 0.25) is 0 Å². The molecule has 1 saturated heterocycles. The molecule has 2 aromatic rings. The van der Waals surface area contributed by atoms with E-state index in [-0.39, 0.29) is 17.6 Å². The first-order valence-electron chi connectivity index (χ1n) is 9.27. The fraction of sp³-hybridized carbons (Fsp3) is 0.526. The van der Waals surface area contributed by atoms with Crippen molar-refractivity contribution < 1.29 is 9.53 Å². The van der Waals surface area contributed by atoms with Crippen molar-refractivity contribution in [1.82, 2.24) is 15.1 Å². The van der Waals surface area contributed by atoms with Gasteiger partial charge in [-0.15, -0.1) is 10.2 Å². The first-order valence-corrected chi connectivity index (χ1v) is 10.1. The lowest BCUT2D eigenvalue weighted by Gasteiger charge is -2.48. The number of carbonyl (C=O) groups is 1. The van der Waals surface area contributed by atoms with Gasteiger partial charge in [-0.05, 0) is 31.2 Å². The molecular formula is C19H24N4O2S. The van der Waals surface area contributed by atoms with Gasteiger partial charge < -0.3 is 9.64 Å². The molecule has 2 fully saturated rings. The Bertz CT molecular complexity index is 760. The van der Waals surface area contributed by atoms with Gasteiger partial charge in [0.25, 0.3) is 0 Å². The number of amides is 2. The fourth-order valence-corrected chi connectivity index (χ4v) is 4.67. The van der Waals surface area contributed by atoms with Crippen LogP contribution in [0.25, 0.3) is 0 Å². The van der Waals surface area contributed by atoms with Crippen molar-refractivity contribution in [1.29, 1.82) is 0 Å². The van der Waals surface area contributed by atoms with Crippen molar-refractivity contribution in [2.75, 3.05) is 25.0 Å². The number of anilines is 1. The van der Waals surface area contributed by atoms with Crippen LogP contribution in [-0.4, -0.2) is 46.4 Å². The Hall–Kier alpha value is -1.99. The van der Waals surface area contributed by atoms with Crippen LogP contribution in [0.1, 0.15) is 49.1 Å². The minimum absolute atomic E-state index is 0.0947. The number of ether oxygens (including phenoxy) is 1. The molecule has 138 valence electrons. The fourth-order valence-electron chi connectivity index (χ4n) is 3.73. The molecule has 1 spiro atoms. The summed E-state index contributed by atoms with van der Waals surface area (Å²) in [6.45, 7) is 4.05. The summed E-state index contributed by atoms with van der Waals surface area (Å²) < 4.78 is 5.88. The largest absolute Gasteiger partial charge is 0.371 e. The van der Waals surface area contributed by atoms with Crippen LogP contribution >= 0.6 is 11.3 Å². The molecule has 1 aromatic heterocycles. The Labute approximate surface area is 157 Å². The molecule has 1 aromatic carbocycles. The molecule has 1 unspecified atom stereocenters. The van der Waals surface area contributed by atoms with Crippen molar-refractivity contribution in [3.63, 3.8) is 0 Å². The second-order valence-corrected chi connectivity index (χ2v) is 8.06. The van der Waals surface area contributed by atoms with Gasteiger partial charge in [0.2, 0.25) is 5.13 Å². The summed E-state index contributed by atoms with van der Waals surface area (Å²) in [6.07, 6.45) is 4.23. The zero-order valence-corrected chi connectivity index (χ0v) is 15.8. The Balaban J connectivity index is 1.42. The number of hydrogen-bond acceptors (Lipinski definition) is 5. The second kappa shape index (κ2) is 7.32. The molecule has 0 bridgehead atoms. The quantitative estimate of drug-likeness (QED) is 0.885. The number of benzene rings is 1. The van der Waals surface area contributed by atoms with Crippen LogP contribution in [0.15, 0.2) is 30.3 Å². The number of urea groups is 1. The van der Waals surface area contributed by atoms with E-state index in [1.54, 1.807) is 0 Å². The average molecular weight is 372 g/mol. The van der Waals surface area contributed by atoms with Gasteiger partial charge >= 0.3 is 6.03 Å². The number of carbonyl (C=O) groups excluding carboxylic acids is 1. The number of hydrogen-bond donors (Lipinski definition) is 1. The Morgan fingerprint density at radius 1 is 1.35 bits per heavy atom. The summed E-state index contributed by atoms with van der Waals surface area (Å²) in [7, 11) is 0. The summed E-state index contributed by atoms with van der Waals surface area (Å²) >= 11 is 1.46. The monoisotopic (exact) mass is 372 g/mol. The van der Waals surface area contributed by atoms with Gasteiger partial charge in [-0.1, -0.05) is 48.6 Å². The molecule has 26 heavy (non-hydrogen) atoms. The predicted molar refractivity (Wildman–Crippen MR) is 102 cm³/mol. The summed E-state index contributed by atoms with van der Waals surface area (Å²) in [5.74, 6) is 0.209. The van der Waals surface area contributed by atoms with Gasteiger partial charge in [0, 0.05) is 12.5 Å². The normalized spacial score (nSPS) is 19.8. The van der Waals surface area contributed by atoms with Crippen LogP contribution in [-0.2, 0) is 4.74 Å². The maximum Gasteiger partial charge on any atom is 0.323 e. The predicted octanol–water partition coefficient (Wildman–Crippen LogP) is 3.87. The van der Waals surface area contributed by atoms with Gasteiger partial charge in [-0.3, -0.25) is 5.32 Å². The van der Waals surface area contributed by atoms with E-state index in [4.69, 9.17) is 4.74 Å². The van der Waals surface area contributed by atoms with Gasteiger partial charge in [-0.2, -0.15) is 0 Å². The third-order valence-corrected chi connectivity index (χ3v) is 6.32.